The van der Waals surface area contributed by atoms with Gasteiger partial charge < -0.3 is 15.0 Å². The number of ether oxygens (including phenoxy) is 1. The fourth-order valence-electron chi connectivity index (χ4n) is 6.30. The Morgan fingerprint density at radius 1 is 1.06 bits per heavy atom. The number of hydrogen-bond donors (Lipinski definition) is 1. The molecule has 1 aromatic carbocycles. The van der Waals surface area contributed by atoms with Gasteiger partial charge in [0.2, 0.25) is 0 Å². The molecule has 2 aliphatic heterocycles. The Balaban J connectivity index is 1.14. The zero-order valence-electron chi connectivity index (χ0n) is 19.7. The second kappa shape index (κ2) is 8.97. The molecule has 0 amide bonds. The molecule has 4 heterocycles. The molecule has 3 aromatic rings. The number of fused-ring (bicyclic) bond motifs is 2. The molecule has 1 unspecified atom stereocenters. The first-order chi connectivity index (χ1) is 16.1. The van der Waals surface area contributed by atoms with Crippen LogP contribution in [0.3, 0.4) is 0 Å². The van der Waals surface area contributed by atoms with Gasteiger partial charge in [-0.3, -0.25) is 0 Å². The number of anilines is 1. The molecule has 0 spiro atoms. The lowest BCUT2D eigenvalue weighted by atomic mass is 10.00. The summed E-state index contributed by atoms with van der Waals surface area (Å²) in [5, 5.41) is 16.6. The predicted octanol–water partition coefficient (Wildman–Crippen LogP) is 5.52. The summed E-state index contributed by atoms with van der Waals surface area (Å²) in [6.07, 6.45) is 4.98. The number of aryl methyl sites for hydroxylation is 2. The van der Waals surface area contributed by atoms with Gasteiger partial charge in [-0.25, -0.2) is 0 Å². The van der Waals surface area contributed by atoms with E-state index in [1.165, 1.54) is 72.1 Å². The molecule has 1 saturated carbocycles. The van der Waals surface area contributed by atoms with Crippen molar-refractivity contribution in [3.63, 3.8) is 0 Å². The lowest BCUT2D eigenvalue weighted by Crippen LogP contribution is -2.32. The number of aromatic nitrogens is 2. The van der Waals surface area contributed by atoms with Gasteiger partial charge in [0.15, 0.2) is 5.82 Å². The van der Waals surface area contributed by atoms with Crippen LogP contribution in [-0.4, -0.2) is 54.0 Å². The molecule has 3 fully saturated rings. The molecular weight excluding hydrogens is 428 g/mol. The second-order valence-electron chi connectivity index (χ2n) is 10.5. The minimum atomic E-state index is 0.509. The molecule has 3 atom stereocenters. The van der Waals surface area contributed by atoms with Crippen LogP contribution in [0.4, 0.5) is 5.82 Å². The average Bonchev–Trinajstić information content (AvgIpc) is 3.52. The van der Waals surface area contributed by atoms with Crippen LogP contribution < -0.4 is 5.32 Å². The first kappa shape index (κ1) is 21.5. The number of nitrogens with zero attached hydrogens (tertiary/aromatic N) is 3. The van der Waals surface area contributed by atoms with Gasteiger partial charge in [-0.05, 0) is 80.4 Å². The second-order valence-corrected chi connectivity index (χ2v) is 11.4. The van der Waals surface area contributed by atoms with E-state index in [1.807, 2.05) is 0 Å². The van der Waals surface area contributed by atoms with Crippen LogP contribution in [0, 0.1) is 31.6 Å². The van der Waals surface area contributed by atoms with E-state index < -0.39 is 0 Å². The lowest BCUT2D eigenvalue weighted by molar-refractivity contribution is 0.0545. The highest BCUT2D eigenvalue weighted by Gasteiger charge is 2.41. The highest BCUT2D eigenvalue weighted by molar-refractivity contribution is 7.17. The van der Waals surface area contributed by atoms with Crippen LogP contribution in [0.15, 0.2) is 29.6 Å². The number of thiophene rings is 1. The first-order valence-electron chi connectivity index (χ1n) is 12.5. The summed E-state index contributed by atoms with van der Waals surface area (Å²) in [6.45, 7) is 10.0. The standard InChI is InChI=1S/C27H34N4OS/c1-17-3-4-18(2)24(11-17)25-26-23(7-10-33-26)27(30-29-25)28-22-12-20-15-31(16-21(20)13-22)14-19-5-8-32-9-6-19/h3-4,7,10-11,19-22H,5-6,8-9,12-16H2,1-2H3,(H,28,30)/t20-,21?,22+/m1/s1. The summed E-state index contributed by atoms with van der Waals surface area (Å²) >= 11 is 1.77. The van der Waals surface area contributed by atoms with Crippen LogP contribution in [0.2, 0.25) is 0 Å². The topological polar surface area (TPSA) is 50.3 Å². The van der Waals surface area contributed by atoms with E-state index in [2.05, 4.69) is 53.7 Å². The van der Waals surface area contributed by atoms with E-state index in [9.17, 15) is 0 Å². The van der Waals surface area contributed by atoms with Crippen molar-refractivity contribution in [3.05, 3.63) is 40.8 Å². The molecule has 3 aliphatic rings. The zero-order chi connectivity index (χ0) is 22.4. The Morgan fingerprint density at radius 3 is 2.64 bits per heavy atom. The van der Waals surface area contributed by atoms with Crippen molar-refractivity contribution in [2.24, 2.45) is 17.8 Å². The van der Waals surface area contributed by atoms with E-state index in [4.69, 9.17) is 14.9 Å². The van der Waals surface area contributed by atoms with Gasteiger partial charge in [0.1, 0.15) is 5.69 Å². The summed E-state index contributed by atoms with van der Waals surface area (Å²) in [6, 6.07) is 9.29. The summed E-state index contributed by atoms with van der Waals surface area (Å²) < 4.78 is 6.78. The van der Waals surface area contributed by atoms with Gasteiger partial charge in [0.05, 0.1) is 4.70 Å². The molecule has 2 aromatic heterocycles. The predicted molar refractivity (Wildman–Crippen MR) is 136 cm³/mol. The highest BCUT2D eigenvalue weighted by Crippen LogP contribution is 2.41. The third-order valence-corrected chi connectivity index (χ3v) is 8.98. The van der Waals surface area contributed by atoms with Gasteiger partial charge in [-0.1, -0.05) is 17.7 Å². The summed E-state index contributed by atoms with van der Waals surface area (Å²) in [4.78, 5) is 2.73. The molecule has 6 rings (SSSR count). The minimum absolute atomic E-state index is 0.509. The Hall–Kier alpha value is -2.02. The highest BCUT2D eigenvalue weighted by atomic mass is 32.1. The molecule has 33 heavy (non-hydrogen) atoms. The summed E-state index contributed by atoms with van der Waals surface area (Å²) in [5.74, 6) is 3.44. The van der Waals surface area contributed by atoms with Gasteiger partial charge in [0, 0.05) is 49.8 Å². The maximum atomic E-state index is 5.54. The first-order valence-corrected chi connectivity index (χ1v) is 13.4. The maximum Gasteiger partial charge on any atom is 0.157 e. The van der Waals surface area contributed by atoms with Crippen LogP contribution in [0.1, 0.15) is 36.8 Å². The molecule has 0 radical (unpaired) electrons. The fraction of sp³-hybridized carbons (Fsp3) is 0.556. The van der Waals surface area contributed by atoms with Crippen molar-refractivity contribution in [2.75, 3.05) is 38.2 Å². The zero-order valence-corrected chi connectivity index (χ0v) is 20.5. The van der Waals surface area contributed by atoms with E-state index >= 15 is 0 Å². The number of benzene rings is 1. The Bertz CT molecular complexity index is 1120. The van der Waals surface area contributed by atoms with E-state index in [0.29, 0.717) is 6.04 Å². The number of hydrogen-bond acceptors (Lipinski definition) is 6. The van der Waals surface area contributed by atoms with Crippen molar-refractivity contribution in [1.29, 1.82) is 0 Å². The monoisotopic (exact) mass is 462 g/mol. The molecule has 6 heteroatoms. The van der Waals surface area contributed by atoms with Crippen molar-refractivity contribution >= 4 is 27.2 Å². The van der Waals surface area contributed by atoms with Gasteiger partial charge in [0.25, 0.3) is 0 Å². The molecule has 1 N–H and O–H groups in total. The normalized spacial score (nSPS) is 26.2. The van der Waals surface area contributed by atoms with Crippen LogP contribution >= 0.6 is 11.3 Å². The molecule has 2 saturated heterocycles. The van der Waals surface area contributed by atoms with E-state index in [0.717, 1.165) is 42.5 Å². The van der Waals surface area contributed by atoms with Crippen molar-refractivity contribution in [3.8, 4) is 11.3 Å². The Kier molecular flexibility index (Phi) is 5.85. The van der Waals surface area contributed by atoms with Crippen molar-refractivity contribution in [1.82, 2.24) is 15.1 Å². The summed E-state index contributed by atoms with van der Waals surface area (Å²) in [7, 11) is 0. The molecule has 0 bridgehead atoms. The molecular formula is C27H34N4OS. The minimum Gasteiger partial charge on any atom is -0.381 e. The van der Waals surface area contributed by atoms with Crippen molar-refractivity contribution in [2.45, 2.75) is 45.6 Å². The molecule has 1 aliphatic carbocycles. The lowest BCUT2D eigenvalue weighted by Gasteiger charge is -2.27. The van der Waals surface area contributed by atoms with Crippen LogP contribution in [0.5, 0.6) is 0 Å². The van der Waals surface area contributed by atoms with Crippen molar-refractivity contribution < 1.29 is 4.74 Å². The largest absolute Gasteiger partial charge is 0.381 e. The molecule has 5 nitrogen and oxygen atoms in total. The quantitative estimate of drug-likeness (QED) is 0.541. The number of rotatable bonds is 5. The van der Waals surface area contributed by atoms with E-state index in [1.54, 1.807) is 11.3 Å². The average molecular weight is 463 g/mol. The SMILES string of the molecule is Cc1ccc(C)c(-c2nnc(N[C@@H]3CC4CN(CC5CCOCC5)C[C@H]4C3)c3ccsc23)c1. The Morgan fingerprint density at radius 2 is 1.85 bits per heavy atom. The van der Waals surface area contributed by atoms with Crippen LogP contribution in [0.25, 0.3) is 21.3 Å². The van der Waals surface area contributed by atoms with Gasteiger partial charge >= 0.3 is 0 Å². The summed E-state index contributed by atoms with van der Waals surface area (Å²) in [5.41, 5.74) is 4.72. The Labute approximate surface area is 200 Å². The maximum absolute atomic E-state index is 5.54. The molecule has 174 valence electrons. The van der Waals surface area contributed by atoms with Gasteiger partial charge in [-0.2, -0.15) is 0 Å². The van der Waals surface area contributed by atoms with Crippen LogP contribution in [-0.2, 0) is 4.74 Å². The fourth-order valence-corrected chi connectivity index (χ4v) is 7.20. The number of likely N-dealkylation sites (tertiary alicyclic amines) is 1. The third kappa shape index (κ3) is 4.29. The third-order valence-electron chi connectivity index (χ3n) is 8.06. The smallest absolute Gasteiger partial charge is 0.157 e. The number of nitrogens with one attached hydrogen (secondary N) is 1. The van der Waals surface area contributed by atoms with E-state index in [-0.39, 0.29) is 0 Å². The van der Waals surface area contributed by atoms with Gasteiger partial charge in [-0.15, -0.1) is 21.5 Å².